The summed E-state index contributed by atoms with van der Waals surface area (Å²) >= 11 is 1.79. The largest absolute Gasteiger partial charge is 0.130 e. The van der Waals surface area contributed by atoms with E-state index in [0.717, 1.165) is 0 Å². The van der Waals surface area contributed by atoms with Crippen LogP contribution >= 0.6 is 11.8 Å². The van der Waals surface area contributed by atoms with Crippen LogP contribution in [0.5, 0.6) is 0 Å². The van der Waals surface area contributed by atoms with Crippen LogP contribution in [-0.4, -0.2) is 6.26 Å². The fraction of sp³-hybridized carbons (Fsp3) is 0.167. The monoisotopic (exact) mass is 188 g/mol. The molecule has 2 aromatic carbocycles. The zero-order chi connectivity index (χ0) is 9.26. The van der Waals surface area contributed by atoms with Gasteiger partial charge in [0.1, 0.15) is 0 Å². The first-order valence-corrected chi connectivity index (χ1v) is 5.57. The van der Waals surface area contributed by atoms with Gasteiger partial charge in [0.15, 0.2) is 0 Å². The minimum absolute atomic E-state index is 1.33. The summed E-state index contributed by atoms with van der Waals surface area (Å²) in [7, 11) is 0. The number of thioether (sulfide) groups is 1. The van der Waals surface area contributed by atoms with E-state index in [1.165, 1.54) is 21.2 Å². The Morgan fingerprint density at radius 2 is 1.92 bits per heavy atom. The van der Waals surface area contributed by atoms with Gasteiger partial charge in [-0.05, 0) is 41.6 Å². The Kier molecular flexibility index (Phi) is 2.28. The molecule has 0 aliphatic heterocycles. The zero-order valence-corrected chi connectivity index (χ0v) is 8.69. The number of fused-ring (bicyclic) bond motifs is 1. The molecule has 66 valence electrons. The average molecular weight is 188 g/mol. The highest BCUT2D eigenvalue weighted by Crippen LogP contribution is 2.23. The molecule has 0 aromatic heterocycles. The highest BCUT2D eigenvalue weighted by Gasteiger charge is 1.96. The number of hydrogen-bond donors (Lipinski definition) is 0. The molecule has 0 aliphatic rings. The molecule has 0 radical (unpaired) electrons. The predicted octanol–water partition coefficient (Wildman–Crippen LogP) is 3.87. The number of rotatable bonds is 1. The quantitative estimate of drug-likeness (QED) is 0.612. The van der Waals surface area contributed by atoms with Crippen molar-refractivity contribution in [2.75, 3.05) is 6.26 Å². The summed E-state index contributed by atoms with van der Waals surface area (Å²) < 4.78 is 0. The van der Waals surface area contributed by atoms with Crippen LogP contribution in [0.2, 0.25) is 0 Å². The van der Waals surface area contributed by atoms with Gasteiger partial charge in [-0.15, -0.1) is 11.8 Å². The Hall–Kier alpha value is -0.950. The molecule has 2 aromatic rings. The Labute approximate surface area is 83.0 Å². The lowest BCUT2D eigenvalue weighted by Crippen LogP contribution is -1.78. The molecule has 0 saturated carbocycles. The lowest BCUT2D eigenvalue weighted by molar-refractivity contribution is 1.47. The molecule has 0 N–H and O–H groups in total. The van der Waals surface area contributed by atoms with Gasteiger partial charge in [-0.2, -0.15) is 0 Å². The van der Waals surface area contributed by atoms with Crippen molar-refractivity contribution in [1.82, 2.24) is 0 Å². The maximum Gasteiger partial charge on any atom is 0.00755 e. The summed E-state index contributed by atoms with van der Waals surface area (Å²) in [4.78, 5) is 1.33. The molecule has 0 heterocycles. The molecule has 1 heteroatoms. The maximum absolute atomic E-state index is 2.24. The molecule has 13 heavy (non-hydrogen) atoms. The molecule has 0 fully saturated rings. The van der Waals surface area contributed by atoms with Crippen LogP contribution in [0.4, 0.5) is 0 Å². The lowest BCUT2D eigenvalue weighted by atomic mass is 10.1. The van der Waals surface area contributed by atoms with E-state index in [1.807, 2.05) is 0 Å². The van der Waals surface area contributed by atoms with Crippen molar-refractivity contribution < 1.29 is 0 Å². The van der Waals surface area contributed by atoms with E-state index in [4.69, 9.17) is 0 Å². The SMILES string of the molecule is CSc1ccc2c(C)cccc2c1. The van der Waals surface area contributed by atoms with Crippen molar-refractivity contribution in [2.24, 2.45) is 0 Å². The van der Waals surface area contributed by atoms with Crippen molar-refractivity contribution in [2.45, 2.75) is 11.8 Å². The Balaban J connectivity index is 2.72. The highest BCUT2D eigenvalue weighted by molar-refractivity contribution is 7.98. The van der Waals surface area contributed by atoms with Gasteiger partial charge in [0.25, 0.3) is 0 Å². The van der Waals surface area contributed by atoms with Crippen LogP contribution in [0.1, 0.15) is 5.56 Å². The molecular formula is C12H12S. The summed E-state index contributed by atoms with van der Waals surface area (Å²) in [6, 6.07) is 13.1. The molecule has 0 unspecified atom stereocenters. The molecule has 0 bridgehead atoms. The van der Waals surface area contributed by atoms with Gasteiger partial charge < -0.3 is 0 Å². The minimum Gasteiger partial charge on any atom is -0.130 e. The Morgan fingerprint density at radius 1 is 1.08 bits per heavy atom. The van der Waals surface area contributed by atoms with Crippen LogP contribution in [-0.2, 0) is 0 Å². The van der Waals surface area contributed by atoms with E-state index in [1.54, 1.807) is 11.8 Å². The standard InChI is InChI=1S/C12H12S/c1-9-4-3-5-10-8-11(13-2)6-7-12(9)10/h3-8H,1-2H3. The van der Waals surface area contributed by atoms with Gasteiger partial charge in [-0.25, -0.2) is 0 Å². The highest BCUT2D eigenvalue weighted by atomic mass is 32.2. The third kappa shape index (κ3) is 1.56. The van der Waals surface area contributed by atoms with E-state index in [2.05, 4.69) is 49.6 Å². The van der Waals surface area contributed by atoms with Gasteiger partial charge in [0.05, 0.1) is 0 Å². The topological polar surface area (TPSA) is 0 Å². The van der Waals surface area contributed by atoms with Gasteiger partial charge in [0, 0.05) is 4.90 Å². The van der Waals surface area contributed by atoms with Crippen LogP contribution in [0.25, 0.3) is 10.8 Å². The first kappa shape index (κ1) is 8.64. The molecule has 0 nitrogen and oxygen atoms in total. The minimum atomic E-state index is 1.33. The van der Waals surface area contributed by atoms with Crippen molar-refractivity contribution in [3.05, 3.63) is 42.0 Å². The van der Waals surface area contributed by atoms with E-state index in [-0.39, 0.29) is 0 Å². The normalized spacial score (nSPS) is 10.6. The fourth-order valence-corrected chi connectivity index (χ4v) is 2.00. The van der Waals surface area contributed by atoms with Crippen molar-refractivity contribution in [3.8, 4) is 0 Å². The van der Waals surface area contributed by atoms with Crippen molar-refractivity contribution in [1.29, 1.82) is 0 Å². The number of hydrogen-bond acceptors (Lipinski definition) is 1. The van der Waals surface area contributed by atoms with E-state index >= 15 is 0 Å². The van der Waals surface area contributed by atoms with E-state index in [0.29, 0.717) is 0 Å². The van der Waals surface area contributed by atoms with Crippen molar-refractivity contribution in [3.63, 3.8) is 0 Å². The average Bonchev–Trinajstić information content (AvgIpc) is 2.18. The van der Waals surface area contributed by atoms with Crippen LogP contribution in [0.3, 0.4) is 0 Å². The summed E-state index contributed by atoms with van der Waals surface area (Å²) in [5.41, 5.74) is 1.35. The summed E-state index contributed by atoms with van der Waals surface area (Å²) in [6.45, 7) is 2.15. The third-order valence-electron chi connectivity index (χ3n) is 2.31. The van der Waals surface area contributed by atoms with Gasteiger partial charge >= 0.3 is 0 Å². The van der Waals surface area contributed by atoms with Gasteiger partial charge in [-0.3, -0.25) is 0 Å². The van der Waals surface area contributed by atoms with Crippen molar-refractivity contribution >= 4 is 22.5 Å². The second kappa shape index (κ2) is 3.43. The predicted molar refractivity (Wildman–Crippen MR) is 60.5 cm³/mol. The summed E-state index contributed by atoms with van der Waals surface area (Å²) in [6.07, 6.45) is 2.11. The fourth-order valence-electron chi connectivity index (χ4n) is 1.55. The Morgan fingerprint density at radius 3 is 2.69 bits per heavy atom. The van der Waals surface area contributed by atoms with Gasteiger partial charge in [-0.1, -0.05) is 24.3 Å². The lowest BCUT2D eigenvalue weighted by Gasteiger charge is -2.03. The van der Waals surface area contributed by atoms with Crippen LogP contribution in [0.15, 0.2) is 41.3 Å². The smallest absolute Gasteiger partial charge is 0.00755 e. The molecule has 0 spiro atoms. The van der Waals surface area contributed by atoms with Gasteiger partial charge in [0.2, 0.25) is 0 Å². The zero-order valence-electron chi connectivity index (χ0n) is 7.87. The molecular weight excluding hydrogens is 176 g/mol. The van der Waals surface area contributed by atoms with E-state index in [9.17, 15) is 0 Å². The first-order valence-electron chi connectivity index (χ1n) is 4.34. The molecule has 2 rings (SSSR count). The summed E-state index contributed by atoms with van der Waals surface area (Å²) in [5, 5.41) is 2.70. The summed E-state index contributed by atoms with van der Waals surface area (Å²) in [5.74, 6) is 0. The molecule has 0 aliphatic carbocycles. The molecule has 0 atom stereocenters. The number of aryl methyl sites for hydroxylation is 1. The Bertz CT molecular complexity index is 432. The van der Waals surface area contributed by atoms with E-state index < -0.39 is 0 Å². The van der Waals surface area contributed by atoms with Crippen LogP contribution < -0.4 is 0 Å². The number of benzene rings is 2. The first-order chi connectivity index (χ1) is 6.31. The molecule has 0 saturated heterocycles. The molecule has 0 amide bonds. The van der Waals surface area contributed by atoms with Crippen LogP contribution in [0, 0.1) is 6.92 Å². The second-order valence-corrected chi connectivity index (χ2v) is 4.04. The second-order valence-electron chi connectivity index (χ2n) is 3.16. The third-order valence-corrected chi connectivity index (χ3v) is 3.03. The maximum atomic E-state index is 2.24.